The van der Waals surface area contributed by atoms with Gasteiger partial charge in [0.15, 0.2) is 0 Å². The van der Waals surface area contributed by atoms with Crippen molar-refractivity contribution in [2.24, 2.45) is 0 Å². The van der Waals surface area contributed by atoms with E-state index in [0.29, 0.717) is 12.8 Å². The minimum atomic E-state index is -3.63. The molecule has 2 rings (SSSR count). The van der Waals surface area contributed by atoms with Crippen LogP contribution in [0.5, 0.6) is 0 Å². The van der Waals surface area contributed by atoms with Gasteiger partial charge >= 0.3 is 0 Å². The number of benzene rings is 1. The average Bonchev–Trinajstić information content (AvgIpc) is 2.72. The van der Waals surface area contributed by atoms with Crippen LogP contribution in [0.25, 0.3) is 0 Å². The number of aliphatic hydroxyl groups is 1. The summed E-state index contributed by atoms with van der Waals surface area (Å²) < 4.78 is 27.1. The number of rotatable bonds is 5. The lowest BCUT2D eigenvalue weighted by atomic mass is 9.95. The third kappa shape index (κ3) is 4.54. The maximum Gasteiger partial charge on any atom is 0.240 e. The summed E-state index contributed by atoms with van der Waals surface area (Å²) in [7, 11) is -3.63. The van der Waals surface area contributed by atoms with Crippen molar-refractivity contribution in [1.29, 1.82) is 5.26 Å². The van der Waals surface area contributed by atoms with Crippen molar-refractivity contribution >= 4 is 10.0 Å². The molecule has 1 aromatic carbocycles. The van der Waals surface area contributed by atoms with Gasteiger partial charge in [-0.25, -0.2) is 13.1 Å². The van der Waals surface area contributed by atoms with Crippen LogP contribution < -0.4 is 4.72 Å². The molecule has 1 saturated carbocycles. The Morgan fingerprint density at radius 3 is 2.27 bits per heavy atom. The van der Waals surface area contributed by atoms with E-state index >= 15 is 0 Å². The smallest absolute Gasteiger partial charge is 0.240 e. The minimum Gasteiger partial charge on any atom is -0.389 e. The molecule has 1 aliphatic rings. The molecular formula is C16H22N2O3S. The molecule has 0 heterocycles. The van der Waals surface area contributed by atoms with Crippen molar-refractivity contribution in [2.75, 3.05) is 6.54 Å². The second-order valence-corrected chi connectivity index (χ2v) is 7.71. The molecule has 1 fully saturated rings. The summed E-state index contributed by atoms with van der Waals surface area (Å²) in [6, 6.07) is 8.28. The highest BCUT2D eigenvalue weighted by Crippen LogP contribution is 2.26. The van der Waals surface area contributed by atoms with Crippen molar-refractivity contribution < 1.29 is 13.5 Å². The lowest BCUT2D eigenvalue weighted by Gasteiger charge is -2.26. The van der Waals surface area contributed by atoms with Crippen LogP contribution in [-0.4, -0.2) is 25.7 Å². The molecule has 0 saturated heterocycles. The van der Waals surface area contributed by atoms with E-state index in [1.54, 1.807) is 12.1 Å². The predicted octanol–water partition coefficient (Wildman–Crippen LogP) is 2.12. The zero-order valence-electron chi connectivity index (χ0n) is 12.6. The van der Waals surface area contributed by atoms with Crippen LogP contribution in [0.15, 0.2) is 29.2 Å². The van der Waals surface area contributed by atoms with Gasteiger partial charge in [-0.05, 0) is 30.5 Å². The Morgan fingerprint density at radius 1 is 1.14 bits per heavy atom. The standard InChI is InChI=1S/C16H22N2O3S/c17-12-9-14-5-7-15(8-6-14)22(20,21)18-13-16(19)10-3-1-2-4-11-16/h5-8,18-19H,1-4,9-11,13H2. The molecular weight excluding hydrogens is 300 g/mol. The molecule has 0 amide bonds. The summed E-state index contributed by atoms with van der Waals surface area (Å²) in [5.41, 5.74) is -0.159. The maximum atomic E-state index is 12.3. The van der Waals surface area contributed by atoms with Gasteiger partial charge < -0.3 is 5.11 Å². The number of hydrogen-bond donors (Lipinski definition) is 2. The van der Waals surface area contributed by atoms with Gasteiger partial charge in [-0.1, -0.05) is 37.8 Å². The first-order valence-corrected chi connectivity index (χ1v) is 9.11. The topological polar surface area (TPSA) is 90.2 Å². The zero-order chi connectivity index (χ0) is 16.1. The highest BCUT2D eigenvalue weighted by Gasteiger charge is 2.29. The first-order valence-electron chi connectivity index (χ1n) is 7.63. The largest absolute Gasteiger partial charge is 0.389 e. The Labute approximate surface area is 132 Å². The van der Waals surface area contributed by atoms with Gasteiger partial charge in [-0.2, -0.15) is 5.26 Å². The number of hydrogen-bond acceptors (Lipinski definition) is 4. The molecule has 0 bridgehead atoms. The maximum absolute atomic E-state index is 12.3. The van der Waals surface area contributed by atoms with Crippen LogP contribution in [0.2, 0.25) is 0 Å². The number of nitrogens with zero attached hydrogens (tertiary/aromatic N) is 1. The Bertz CT molecular complexity index is 624. The van der Waals surface area contributed by atoms with Crippen molar-refractivity contribution in [2.45, 2.75) is 55.4 Å². The van der Waals surface area contributed by atoms with E-state index in [9.17, 15) is 13.5 Å². The number of sulfonamides is 1. The van der Waals surface area contributed by atoms with E-state index in [-0.39, 0.29) is 17.9 Å². The summed E-state index contributed by atoms with van der Waals surface area (Å²) in [5.74, 6) is 0. The van der Waals surface area contributed by atoms with E-state index in [1.165, 1.54) is 12.1 Å². The Balaban J connectivity index is 2.02. The molecule has 0 spiro atoms. The molecule has 0 aliphatic heterocycles. The second kappa shape index (κ2) is 7.23. The van der Waals surface area contributed by atoms with Crippen LogP contribution in [0, 0.1) is 11.3 Å². The average molecular weight is 322 g/mol. The summed E-state index contributed by atoms with van der Waals surface area (Å²) in [6.45, 7) is 0.0509. The van der Waals surface area contributed by atoms with Crippen LogP contribution in [0.3, 0.4) is 0 Å². The highest BCUT2D eigenvalue weighted by atomic mass is 32.2. The van der Waals surface area contributed by atoms with Gasteiger partial charge in [-0.3, -0.25) is 0 Å². The number of nitrogens with one attached hydrogen (secondary N) is 1. The Morgan fingerprint density at radius 2 is 1.73 bits per heavy atom. The molecule has 2 N–H and O–H groups in total. The van der Waals surface area contributed by atoms with E-state index < -0.39 is 15.6 Å². The van der Waals surface area contributed by atoms with E-state index in [0.717, 1.165) is 31.2 Å². The lowest BCUT2D eigenvalue weighted by molar-refractivity contribution is 0.0303. The molecule has 22 heavy (non-hydrogen) atoms. The van der Waals surface area contributed by atoms with Gasteiger partial charge in [0.05, 0.1) is 23.0 Å². The first kappa shape index (κ1) is 16.9. The summed E-state index contributed by atoms with van der Waals surface area (Å²) in [5, 5.41) is 19.1. The molecule has 5 nitrogen and oxygen atoms in total. The van der Waals surface area contributed by atoms with Gasteiger partial charge in [0.1, 0.15) is 0 Å². The fourth-order valence-electron chi connectivity index (χ4n) is 2.75. The monoisotopic (exact) mass is 322 g/mol. The van der Waals surface area contributed by atoms with Crippen molar-refractivity contribution in [3.8, 4) is 6.07 Å². The van der Waals surface area contributed by atoms with Gasteiger partial charge in [0.2, 0.25) is 10.0 Å². The Kier molecular flexibility index (Phi) is 5.57. The lowest BCUT2D eigenvalue weighted by Crippen LogP contribution is -2.42. The molecule has 1 aliphatic carbocycles. The summed E-state index contributed by atoms with van der Waals surface area (Å²) >= 11 is 0. The van der Waals surface area contributed by atoms with Crippen molar-refractivity contribution in [1.82, 2.24) is 4.72 Å². The highest BCUT2D eigenvalue weighted by molar-refractivity contribution is 7.89. The minimum absolute atomic E-state index is 0.0509. The van der Waals surface area contributed by atoms with Crippen LogP contribution in [-0.2, 0) is 16.4 Å². The van der Waals surface area contributed by atoms with Crippen molar-refractivity contribution in [3.05, 3.63) is 29.8 Å². The van der Waals surface area contributed by atoms with Crippen LogP contribution in [0.4, 0.5) is 0 Å². The second-order valence-electron chi connectivity index (χ2n) is 5.94. The molecule has 0 aromatic heterocycles. The third-order valence-electron chi connectivity index (χ3n) is 4.14. The Hall–Kier alpha value is -1.42. The quantitative estimate of drug-likeness (QED) is 0.812. The van der Waals surface area contributed by atoms with E-state index in [2.05, 4.69) is 4.72 Å². The predicted molar refractivity (Wildman–Crippen MR) is 83.6 cm³/mol. The molecule has 0 unspecified atom stereocenters. The normalized spacial score (nSPS) is 18.4. The van der Waals surface area contributed by atoms with Crippen LogP contribution >= 0.6 is 0 Å². The molecule has 6 heteroatoms. The van der Waals surface area contributed by atoms with Gasteiger partial charge in [-0.15, -0.1) is 0 Å². The van der Waals surface area contributed by atoms with Gasteiger partial charge in [0.25, 0.3) is 0 Å². The molecule has 120 valence electrons. The third-order valence-corrected chi connectivity index (χ3v) is 5.56. The zero-order valence-corrected chi connectivity index (χ0v) is 13.4. The van der Waals surface area contributed by atoms with E-state index in [4.69, 9.17) is 5.26 Å². The number of nitriles is 1. The summed E-state index contributed by atoms with van der Waals surface area (Å²) in [4.78, 5) is 0.159. The van der Waals surface area contributed by atoms with Crippen molar-refractivity contribution in [3.63, 3.8) is 0 Å². The molecule has 0 atom stereocenters. The first-order chi connectivity index (χ1) is 10.5. The molecule has 0 radical (unpaired) electrons. The van der Waals surface area contributed by atoms with Crippen LogP contribution in [0.1, 0.15) is 44.1 Å². The fraction of sp³-hybridized carbons (Fsp3) is 0.562. The van der Waals surface area contributed by atoms with Gasteiger partial charge in [0, 0.05) is 6.54 Å². The molecule has 1 aromatic rings. The van der Waals surface area contributed by atoms with E-state index in [1.807, 2.05) is 6.07 Å². The fourth-order valence-corrected chi connectivity index (χ4v) is 3.87. The SMILES string of the molecule is N#CCc1ccc(S(=O)(=O)NCC2(O)CCCCCC2)cc1. The summed E-state index contributed by atoms with van der Waals surface area (Å²) in [6.07, 6.45) is 5.58.